The second-order valence-electron chi connectivity index (χ2n) is 5.53. The number of nitrogens with one attached hydrogen (secondary N) is 1. The Labute approximate surface area is 161 Å². The lowest BCUT2D eigenvalue weighted by atomic mass is 10.2. The van der Waals surface area contributed by atoms with E-state index in [-0.39, 0.29) is 5.91 Å². The molecule has 0 bridgehead atoms. The maximum atomic E-state index is 11.9. The number of rotatable bonds is 11. The van der Waals surface area contributed by atoms with Crippen molar-refractivity contribution in [3.05, 3.63) is 23.8 Å². The third-order valence-electron chi connectivity index (χ3n) is 3.53. The zero-order valence-corrected chi connectivity index (χ0v) is 16.6. The maximum absolute atomic E-state index is 11.9. The summed E-state index contributed by atoms with van der Waals surface area (Å²) in [6.07, 6.45) is 3.22. The van der Waals surface area contributed by atoms with Gasteiger partial charge < -0.3 is 20.5 Å². The van der Waals surface area contributed by atoms with Gasteiger partial charge in [-0.25, -0.2) is 0 Å². The number of nitrogens with two attached hydrogens (primary N) is 1. The van der Waals surface area contributed by atoms with Gasteiger partial charge >= 0.3 is 0 Å². The number of hydrogen-bond acceptors (Lipinski definition) is 8. The summed E-state index contributed by atoms with van der Waals surface area (Å²) in [5.41, 5.74) is 6.50. The average molecular weight is 397 g/mol. The van der Waals surface area contributed by atoms with E-state index in [0.29, 0.717) is 23.8 Å². The lowest BCUT2D eigenvalue weighted by molar-refractivity contribution is -0.116. The standard InChI is InChI=1S/C17H24N4O3S2/c1-23-13-8-12(9-14(10-13)24-2)11-25-17-21-20-16(26-17)19-15(22)6-4-3-5-7-18/h8-10H,3-7,11,18H2,1-2H3,(H,19,20,22). The van der Waals surface area contributed by atoms with Crippen molar-refractivity contribution in [3.8, 4) is 11.5 Å². The molecule has 1 aromatic heterocycles. The number of thioether (sulfide) groups is 1. The van der Waals surface area contributed by atoms with Gasteiger partial charge in [-0.1, -0.05) is 29.5 Å². The van der Waals surface area contributed by atoms with Gasteiger partial charge in [0.25, 0.3) is 0 Å². The largest absolute Gasteiger partial charge is 0.497 e. The summed E-state index contributed by atoms with van der Waals surface area (Å²) >= 11 is 2.92. The summed E-state index contributed by atoms with van der Waals surface area (Å²) in [5, 5.41) is 11.5. The van der Waals surface area contributed by atoms with E-state index in [4.69, 9.17) is 15.2 Å². The molecular formula is C17H24N4O3S2. The molecule has 7 nitrogen and oxygen atoms in total. The number of ether oxygens (including phenoxy) is 2. The van der Waals surface area contributed by atoms with Crippen molar-refractivity contribution in [1.82, 2.24) is 10.2 Å². The molecule has 0 saturated carbocycles. The fourth-order valence-electron chi connectivity index (χ4n) is 2.20. The number of amides is 1. The number of carbonyl (C=O) groups excluding carboxylic acids is 1. The van der Waals surface area contributed by atoms with Gasteiger partial charge in [-0.05, 0) is 37.1 Å². The Kier molecular flexibility index (Phi) is 8.66. The Morgan fingerprint density at radius 3 is 2.54 bits per heavy atom. The number of benzene rings is 1. The van der Waals surface area contributed by atoms with Crippen LogP contribution in [0.1, 0.15) is 31.2 Å². The van der Waals surface area contributed by atoms with Crippen LogP contribution in [-0.4, -0.2) is 36.9 Å². The summed E-state index contributed by atoms with van der Waals surface area (Å²) < 4.78 is 11.3. The number of anilines is 1. The van der Waals surface area contributed by atoms with Gasteiger partial charge in [-0.2, -0.15) is 0 Å². The summed E-state index contributed by atoms with van der Waals surface area (Å²) in [7, 11) is 3.25. The van der Waals surface area contributed by atoms with E-state index in [1.807, 2.05) is 18.2 Å². The molecule has 0 unspecified atom stereocenters. The monoisotopic (exact) mass is 396 g/mol. The Morgan fingerprint density at radius 1 is 1.15 bits per heavy atom. The molecule has 0 saturated heterocycles. The molecule has 0 aliphatic carbocycles. The highest BCUT2D eigenvalue weighted by molar-refractivity contribution is 8.00. The molecule has 142 valence electrons. The third-order valence-corrected chi connectivity index (χ3v) is 5.58. The lowest BCUT2D eigenvalue weighted by Gasteiger charge is -2.07. The van der Waals surface area contributed by atoms with E-state index in [1.54, 1.807) is 26.0 Å². The molecule has 9 heteroatoms. The molecule has 0 spiro atoms. The average Bonchev–Trinajstić information content (AvgIpc) is 3.10. The molecule has 0 atom stereocenters. The fraction of sp³-hybridized carbons (Fsp3) is 0.471. The number of unbranched alkanes of at least 4 members (excludes halogenated alkanes) is 2. The minimum Gasteiger partial charge on any atom is -0.497 e. The van der Waals surface area contributed by atoms with E-state index in [2.05, 4.69) is 15.5 Å². The number of nitrogens with zero attached hydrogens (tertiary/aromatic N) is 2. The van der Waals surface area contributed by atoms with Gasteiger partial charge in [0.05, 0.1) is 14.2 Å². The Balaban J connectivity index is 1.84. The first-order valence-corrected chi connectivity index (χ1v) is 10.1. The molecule has 0 radical (unpaired) electrons. The SMILES string of the molecule is COc1cc(CSc2nnc(NC(=O)CCCCCN)s2)cc(OC)c1. The second-order valence-corrected chi connectivity index (χ2v) is 7.73. The van der Waals surface area contributed by atoms with Crippen LogP contribution in [0.2, 0.25) is 0 Å². The molecule has 0 fully saturated rings. The van der Waals surface area contributed by atoms with Crippen molar-refractivity contribution in [2.45, 2.75) is 35.8 Å². The van der Waals surface area contributed by atoms with Crippen molar-refractivity contribution in [2.75, 3.05) is 26.1 Å². The maximum Gasteiger partial charge on any atom is 0.226 e. The first-order valence-electron chi connectivity index (χ1n) is 8.32. The first kappa shape index (κ1) is 20.5. The van der Waals surface area contributed by atoms with Gasteiger partial charge in [-0.3, -0.25) is 4.79 Å². The molecule has 1 aromatic carbocycles. The molecule has 2 rings (SSSR count). The van der Waals surface area contributed by atoms with E-state index >= 15 is 0 Å². The minimum atomic E-state index is -0.0350. The van der Waals surface area contributed by atoms with Crippen molar-refractivity contribution in [1.29, 1.82) is 0 Å². The van der Waals surface area contributed by atoms with Gasteiger partial charge in [0.1, 0.15) is 11.5 Å². The van der Waals surface area contributed by atoms with E-state index in [9.17, 15) is 4.79 Å². The van der Waals surface area contributed by atoms with E-state index < -0.39 is 0 Å². The van der Waals surface area contributed by atoms with Gasteiger partial charge in [0.2, 0.25) is 11.0 Å². The van der Waals surface area contributed by atoms with Gasteiger partial charge in [0.15, 0.2) is 4.34 Å². The molecule has 1 amide bonds. The Hall–Kier alpha value is -1.84. The zero-order valence-electron chi connectivity index (χ0n) is 15.0. The summed E-state index contributed by atoms with van der Waals surface area (Å²) in [5.74, 6) is 2.17. The van der Waals surface area contributed by atoms with E-state index in [0.717, 1.165) is 40.7 Å². The van der Waals surface area contributed by atoms with Crippen molar-refractivity contribution in [2.24, 2.45) is 5.73 Å². The molecule has 3 N–H and O–H groups in total. The zero-order chi connectivity index (χ0) is 18.8. The fourth-order valence-corrected chi connectivity index (χ4v) is 3.90. The normalized spacial score (nSPS) is 10.6. The van der Waals surface area contributed by atoms with Crippen molar-refractivity contribution >= 4 is 34.1 Å². The number of carbonyl (C=O) groups is 1. The van der Waals surface area contributed by atoms with Crippen molar-refractivity contribution in [3.63, 3.8) is 0 Å². The van der Waals surface area contributed by atoms with Crippen LogP contribution in [-0.2, 0) is 10.5 Å². The van der Waals surface area contributed by atoms with Crippen LogP contribution in [0, 0.1) is 0 Å². The predicted octanol–water partition coefficient (Wildman–Crippen LogP) is 3.31. The molecule has 26 heavy (non-hydrogen) atoms. The Morgan fingerprint density at radius 2 is 1.88 bits per heavy atom. The van der Waals surface area contributed by atoms with Crippen LogP contribution in [0.4, 0.5) is 5.13 Å². The van der Waals surface area contributed by atoms with Crippen LogP contribution in [0.3, 0.4) is 0 Å². The van der Waals surface area contributed by atoms with Crippen LogP contribution < -0.4 is 20.5 Å². The molecule has 1 heterocycles. The predicted molar refractivity (Wildman–Crippen MR) is 105 cm³/mol. The topological polar surface area (TPSA) is 99.4 Å². The quantitative estimate of drug-likeness (QED) is 0.341. The molecular weight excluding hydrogens is 372 g/mol. The molecule has 0 aliphatic heterocycles. The molecule has 2 aromatic rings. The second kappa shape index (κ2) is 11.0. The van der Waals surface area contributed by atoms with Crippen LogP contribution in [0.15, 0.2) is 22.5 Å². The highest BCUT2D eigenvalue weighted by atomic mass is 32.2. The first-order chi connectivity index (χ1) is 12.6. The number of methoxy groups -OCH3 is 2. The minimum absolute atomic E-state index is 0.0350. The van der Waals surface area contributed by atoms with Gasteiger partial charge in [-0.15, -0.1) is 10.2 Å². The summed E-state index contributed by atoms with van der Waals surface area (Å²) in [6, 6.07) is 5.75. The van der Waals surface area contributed by atoms with Gasteiger partial charge in [0, 0.05) is 18.2 Å². The van der Waals surface area contributed by atoms with Crippen LogP contribution >= 0.6 is 23.1 Å². The third kappa shape index (κ3) is 6.81. The Bertz CT molecular complexity index is 687. The van der Waals surface area contributed by atoms with E-state index in [1.165, 1.54) is 11.3 Å². The molecule has 0 aliphatic rings. The van der Waals surface area contributed by atoms with Crippen molar-refractivity contribution < 1.29 is 14.3 Å². The number of aromatic nitrogens is 2. The van der Waals surface area contributed by atoms with Crippen LogP contribution in [0.25, 0.3) is 0 Å². The lowest BCUT2D eigenvalue weighted by Crippen LogP contribution is -2.11. The summed E-state index contributed by atoms with van der Waals surface area (Å²) in [4.78, 5) is 11.9. The smallest absolute Gasteiger partial charge is 0.226 e. The summed E-state index contributed by atoms with van der Waals surface area (Å²) in [6.45, 7) is 0.664. The highest BCUT2D eigenvalue weighted by Crippen LogP contribution is 2.31. The highest BCUT2D eigenvalue weighted by Gasteiger charge is 2.10. The number of hydrogen-bond donors (Lipinski definition) is 2. The van der Waals surface area contributed by atoms with Crippen LogP contribution in [0.5, 0.6) is 11.5 Å².